The van der Waals surface area contributed by atoms with Crippen LogP contribution in [-0.2, 0) is 4.79 Å². The van der Waals surface area contributed by atoms with Crippen molar-refractivity contribution in [1.82, 2.24) is 20.2 Å². The van der Waals surface area contributed by atoms with Crippen LogP contribution in [0, 0.1) is 0 Å². The van der Waals surface area contributed by atoms with Crippen molar-refractivity contribution in [1.29, 1.82) is 0 Å². The molecule has 1 aromatic carbocycles. The van der Waals surface area contributed by atoms with E-state index < -0.39 is 18.0 Å². The number of benzene rings is 1. The first kappa shape index (κ1) is 14.8. The van der Waals surface area contributed by atoms with Gasteiger partial charge < -0.3 is 5.32 Å². The Morgan fingerprint density at radius 1 is 1.19 bits per heavy atom. The minimum atomic E-state index is -5.97. The number of aromatic nitrogens is 4. The van der Waals surface area contributed by atoms with Crippen molar-refractivity contribution in [2.45, 2.75) is 12.1 Å². The summed E-state index contributed by atoms with van der Waals surface area (Å²) >= 11 is 0. The normalized spacial score (nSPS) is 12.2. The number of carbonyl (C=O) groups is 1. The lowest BCUT2D eigenvalue weighted by atomic mass is 10.2. The van der Waals surface area contributed by atoms with Gasteiger partial charge in [-0.25, -0.2) is 4.68 Å². The highest BCUT2D eigenvalue weighted by Crippen LogP contribution is 2.36. The predicted octanol–water partition coefficient (Wildman–Crippen LogP) is 1.80. The highest BCUT2D eigenvalue weighted by atomic mass is 19.4. The number of carbonyl (C=O) groups excluding carboxylic acids is 1. The maximum Gasteiger partial charge on any atom is 0.463 e. The fourth-order valence-electron chi connectivity index (χ4n) is 1.34. The molecule has 6 nitrogen and oxygen atoms in total. The summed E-state index contributed by atoms with van der Waals surface area (Å²) in [4.78, 5) is 11.1. The first-order valence-electron chi connectivity index (χ1n) is 5.31. The van der Waals surface area contributed by atoms with Gasteiger partial charge in [-0.2, -0.15) is 22.0 Å². The maximum absolute atomic E-state index is 12.8. The molecule has 0 aliphatic rings. The molecule has 1 N–H and O–H groups in total. The molecule has 112 valence electrons. The average molecular weight is 307 g/mol. The van der Waals surface area contributed by atoms with Gasteiger partial charge in [0.1, 0.15) is 6.33 Å². The van der Waals surface area contributed by atoms with Gasteiger partial charge >= 0.3 is 18.0 Å². The van der Waals surface area contributed by atoms with Gasteiger partial charge in [0.15, 0.2) is 0 Å². The summed E-state index contributed by atoms with van der Waals surface area (Å²) in [6.45, 7) is 0. The first-order chi connectivity index (χ1) is 9.72. The van der Waals surface area contributed by atoms with Gasteiger partial charge in [0, 0.05) is 5.69 Å². The van der Waals surface area contributed by atoms with Crippen molar-refractivity contribution < 1.29 is 26.7 Å². The maximum atomic E-state index is 12.8. The van der Waals surface area contributed by atoms with E-state index in [-0.39, 0.29) is 11.4 Å². The first-order valence-corrected chi connectivity index (χ1v) is 5.31. The number of nitrogens with one attached hydrogen (secondary N) is 1. The Hall–Kier alpha value is -2.59. The van der Waals surface area contributed by atoms with Gasteiger partial charge in [0.05, 0.1) is 5.69 Å². The number of amides is 1. The topological polar surface area (TPSA) is 72.7 Å². The number of halogens is 5. The molecule has 1 aromatic heterocycles. The minimum absolute atomic E-state index is 0.253. The molecule has 0 radical (unpaired) electrons. The van der Waals surface area contributed by atoms with Crippen LogP contribution in [0.4, 0.5) is 27.6 Å². The van der Waals surface area contributed by atoms with Gasteiger partial charge in [-0.05, 0) is 28.6 Å². The number of alkyl halides is 5. The summed E-state index contributed by atoms with van der Waals surface area (Å²) in [5.74, 6) is -7.96. The van der Waals surface area contributed by atoms with Crippen LogP contribution in [-0.4, -0.2) is 38.2 Å². The Bertz CT molecular complexity index is 640. The summed E-state index contributed by atoms with van der Waals surface area (Å²) in [7, 11) is 0. The number of nitrogens with zero attached hydrogens (tertiary/aromatic N) is 4. The zero-order chi connectivity index (χ0) is 15.7. The molecule has 0 saturated carbocycles. The van der Waals surface area contributed by atoms with Crippen LogP contribution < -0.4 is 5.32 Å². The Morgan fingerprint density at radius 2 is 1.90 bits per heavy atom. The van der Waals surface area contributed by atoms with Crippen molar-refractivity contribution in [3.63, 3.8) is 0 Å². The minimum Gasteiger partial charge on any atom is -0.320 e. The highest BCUT2D eigenvalue weighted by Gasteiger charge is 2.63. The lowest BCUT2D eigenvalue weighted by molar-refractivity contribution is -0.267. The average Bonchev–Trinajstić information content (AvgIpc) is 2.91. The molecule has 0 unspecified atom stereocenters. The second kappa shape index (κ2) is 5.07. The van der Waals surface area contributed by atoms with Crippen molar-refractivity contribution >= 4 is 11.6 Å². The third-order valence-electron chi connectivity index (χ3n) is 2.36. The summed E-state index contributed by atoms with van der Waals surface area (Å²) in [6, 6.07) is 5.09. The summed E-state index contributed by atoms with van der Waals surface area (Å²) in [5, 5.41) is 11.7. The van der Waals surface area contributed by atoms with Crippen LogP contribution in [0.5, 0.6) is 0 Å². The zero-order valence-corrected chi connectivity index (χ0v) is 9.97. The van der Waals surface area contributed by atoms with Crippen LogP contribution in [0.15, 0.2) is 30.6 Å². The number of anilines is 1. The highest BCUT2D eigenvalue weighted by molar-refractivity contribution is 5.96. The number of hydrogen-bond donors (Lipinski definition) is 1. The molecule has 0 spiro atoms. The van der Waals surface area contributed by atoms with Crippen molar-refractivity contribution in [2.75, 3.05) is 5.32 Å². The van der Waals surface area contributed by atoms with E-state index in [4.69, 9.17) is 0 Å². The molecule has 0 saturated heterocycles. The molecular weight excluding hydrogens is 301 g/mol. The molecule has 2 rings (SSSR count). The number of hydrogen-bond acceptors (Lipinski definition) is 4. The van der Waals surface area contributed by atoms with E-state index in [0.717, 1.165) is 16.8 Å². The molecule has 1 heterocycles. The molecule has 0 aliphatic heterocycles. The molecular formula is C10H6F5N5O. The number of rotatable bonds is 3. The smallest absolute Gasteiger partial charge is 0.320 e. The van der Waals surface area contributed by atoms with Crippen LogP contribution in [0.3, 0.4) is 0 Å². The van der Waals surface area contributed by atoms with Crippen LogP contribution in [0.1, 0.15) is 0 Å². The molecule has 2 aromatic rings. The SMILES string of the molecule is O=C(Nc1cccc(-n2cnnn2)c1)C(F)(F)C(F)(F)F. The van der Waals surface area contributed by atoms with Crippen LogP contribution >= 0.6 is 0 Å². The Kier molecular flexibility index (Phi) is 3.58. The zero-order valence-electron chi connectivity index (χ0n) is 9.97. The van der Waals surface area contributed by atoms with Gasteiger partial charge in [0.25, 0.3) is 0 Å². The molecule has 1 amide bonds. The van der Waals surface area contributed by atoms with Gasteiger partial charge in [0.2, 0.25) is 0 Å². The lowest BCUT2D eigenvalue weighted by Crippen LogP contribution is -2.47. The van der Waals surface area contributed by atoms with E-state index in [1.54, 1.807) is 0 Å². The summed E-state index contributed by atoms with van der Waals surface area (Å²) in [6.07, 6.45) is -4.78. The van der Waals surface area contributed by atoms with Gasteiger partial charge in [-0.1, -0.05) is 6.07 Å². The van der Waals surface area contributed by atoms with E-state index in [1.807, 2.05) is 0 Å². The quantitative estimate of drug-likeness (QED) is 0.878. The fraction of sp³-hybridized carbons (Fsp3) is 0.200. The lowest BCUT2D eigenvalue weighted by Gasteiger charge is -2.18. The largest absolute Gasteiger partial charge is 0.463 e. The molecule has 0 atom stereocenters. The third kappa shape index (κ3) is 2.95. The molecule has 21 heavy (non-hydrogen) atoms. The van der Waals surface area contributed by atoms with Crippen molar-refractivity contribution in [3.05, 3.63) is 30.6 Å². The van der Waals surface area contributed by atoms with E-state index >= 15 is 0 Å². The second-order valence-electron chi connectivity index (χ2n) is 3.83. The Labute approximate surface area is 113 Å². The summed E-state index contributed by atoms with van der Waals surface area (Å²) in [5.41, 5.74) is 0.0186. The van der Waals surface area contributed by atoms with Crippen molar-refractivity contribution in [3.8, 4) is 5.69 Å². The Balaban J connectivity index is 2.21. The summed E-state index contributed by atoms with van der Waals surface area (Å²) < 4.78 is 62.9. The molecule has 0 fully saturated rings. The van der Waals surface area contributed by atoms with Crippen molar-refractivity contribution in [2.24, 2.45) is 0 Å². The van der Waals surface area contributed by atoms with Crippen LogP contribution in [0.25, 0.3) is 5.69 Å². The standard InChI is InChI=1S/C10H6F5N5O/c11-9(12,10(13,14)15)8(21)17-6-2-1-3-7(4-6)20-5-16-18-19-20/h1-5H,(H,17,21). The predicted molar refractivity (Wildman–Crippen MR) is 58.8 cm³/mol. The third-order valence-corrected chi connectivity index (χ3v) is 2.36. The van der Waals surface area contributed by atoms with Gasteiger partial charge in [-0.3, -0.25) is 4.79 Å². The second-order valence-corrected chi connectivity index (χ2v) is 3.83. The van der Waals surface area contributed by atoms with E-state index in [1.165, 1.54) is 23.8 Å². The fourth-order valence-corrected chi connectivity index (χ4v) is 1.34. The number of tetrazole rings is 1. The molecule has 11 heteroatoms. The molecule has 0 aliphatic carbocycles. The molecule has 0 bridgehead atoms. The Morgan fingerprint density at radius 3 is 2.48 bits per heavy atom. The monoisotopic (exact) mass is 307 g/mol. The van der Waals surface area contributed by atoms with E-state index in [2.05, 4.69) is 15.5 Å². The van der Waals surface area contributed by atoms with E-state index in [0.29, 0.717) is 0 Å². The van der Waals surface area contributed by atoms with E-state index in [9.17, 15) is 26.7 Å². The van der Waals surface area contributed by atoms with Crippen LogP contribution in [0.2, 0.25) is 0 Å². The van der Waals surface area contributed by atoms with Gasteiger partial charge in [-0.15, -0.1) is 5.10 Å².